The number of nitriles is 1. The zero-order chi connectivity index (χ0) is 20.7. The van der Waals surface area contributed by atoms with Crippen LogP contribution in [0.15, 0.2) is 29.8 Å². The number of carbonyl (C=O) groups is 1. The molecule has 1 rings (SSSR count). The van der Waals surface area contributed by atoms with Gasteiger partial charge in [0, 0.05) is 7.11 Å². The summed E-state index contributed by atoms with van der Waals surface area (Å²) in [4.78, 5) is 11.6. The van der Waals surface area contributed by atoms with Crippen molar-refractivity contribution >= 4 is 12.0 Å². The van der Waals surface area contributed by atoms with Gasteiger partial charge in [0.05, 0.1) is 6.61 Å². The Kier molecular flexibility index (Phi) is 7.66. The van der Waals surface area contributed by atoms with Gasteiger partial charge in [-0.25, -0.2) is 9.18 Å². The first-order chi connectivity index (χ1) is 12.5. The van der Waals surface area contributed by atoms with Gasteiger partial charge in [0.15, 0.2) is 0 Å². The molecule has 1 aromatic carbocycles. The fraction of sp³-hybridized carbons (Fsp3) is 0.375. The highest BCUT2D eigenvalue weighted by Crippen LogP contribution is 2.36. The summed E-state index contributed by atoms with van der Waals surface area (Å²) in [6.45, 7) is 0.0119. The van der Waals surface area contributed by atoms with Crippen molar-refractivity contribution in [3.63, 3.8) is 0 Å². The van der Waals surface area contributed by atoms with Crippen molar-refractivity contribution in [3.05, 3.63) is 35.4 Å². The van der Waals surface area contributed by atoms with Gasteiger partial charge < -0.3 is 14.2 Å². The summed E-state index contributed by atoms with van der Waals surface area (Å²) in [5, 5.41) is 8.94. The summed E-state index contributed by atoms with van der Waals surface area (Å²) in [6.07, 6.45) is -14.4. The number of ether oxygens (including phenoxy) is 3. The van der Waals surface area contributed by atoms with Crippen LogP contribution in [0.5, 0.6) is 5.75 Å². The lowest BCUT2D eigenvalue weighted by Gasteiger charge is -2.23. The van der Waals surface area contributed by atoms with Crippen molar-refractivity contribution in [3.8, 4) is 11.8 Å². The van der Waals surface area contributed by atoms with Crippen LogP contribution in [0.1, 0.15) is 5.56 Å². The van der Waals surface area contributed by atoms with Crippen LogP contribution in [0.3, 0.4) is 0 Å². The highest BCUT2D eigenvalue weighted by atomic mass is 19.4. The number of esters is 1. The second-order valence-corrected chi connectivity index (χ2v) is 4.94. The van der Waals surface area contributed by atoms with Crippen LogP contribution in [0.25, 0.3) is 6.08 Å². The van der Waals surface area contributed by atoms with E-state index >= 15 is 0 Å². The Morgan fingerprint density at radius 1 is 1.19 bits per heavy atom. The van der Waals surface area contributed by atoms with Gasteiger partial charge >= 0.3 is 18.3 Å². The molecule has 0 amide bonds. The van der Waals surface area contributed by atoms with E-state index in [0.29, 0.717) is 0 Å². The maximum Gasteiger partial charge on any atom is 0.439 e. The van der Waals surface area contributed by atoms with Crippen molar-refractivity contribution in [2.24, 2.45) is 0 Å². The summed E-state index contributed by atoms with van der Waals surface area (Å²) < 4.78 is 88.5. The standard InChI is InChI=1S/C16H13F6NO4/c1-25-6-7-26-13(24)11(9-23)8-10-2-4-12(5-3-10)27-16(21,22)14(17)15(18,19)20/h2-5,8,14H,6-7H2,1H3. The quantitative estimate of drug-likeness (QED) is 0.220. The molecule has 0 aliphatic carbocycles. The molecule has 1 atom stereocenters. The third-order valence-corrected chi connectivity index (χ3v) is 2.89. The Labute approximate surface area is 149 Å². The summed E-state index contributed by atoms with van der Waals surface area (Å²) in [6, 6.07) is 5.39. The largest absolute Gasteiger partial charge is 0.459 e. The number of benzene rings is 1. The monoisotopic (exact) mass is 397 g/mol. The van der Waals surface area contributed by atoms with Crippen LogP contribution in [0.2, 0.25) is 0 Å². The predicted octanol–water partition coefficient (Wildman–Crippen LogP) is 3.66. The highest BCUT2D eigenvalue weighted by molar-refractivity contribution is 5.97. The number of hydrogen-bond acceptors (Lipinski definition) is 5. The van der Waals surface area contributed by atoms with Crippen LogP contribution in [0.4, 0.5) is 26.3 Å². The minimum atomic E-state index is -5.79. The fourth-order valence-corrected chi connectivity index (χ4v) is 1.63. The Hall–Kier alpha value is -2.74. The van der Waals surface area contributed by atoms with Crippen LogP contribution in [-0.2, 0) is 14.3 Å². The first-order valence-corrected chi connectivity index (χ1v) is 7.16. The average molecular weight is 397 g/mol. The molecular weight excluding hydrogens is 384 g/mol. The molecule has 0 fully saturated rings. The van der Waals surface area contributed by atoms with Gasteiger partial charge in [0.1, 0.15) is 24.0 Å². The molecule has 1 unspecified atom stereocenters. The number of hydrogen-bond donors (Lipinski definition) is 0. The second-order valence-electron chi connectivity index (χ2n) is 4.94. The van der Waals surface area contributed by atoms with Gasteiger partial charge in [-0.05, 0) is 23.8 Å². The summed E-state index contributed by atoms with van der Waals surface area (Å²) in [5.74, 6) is -1.70. The number of carbonyl (C=O) groups excluding carboxylic acids is 1. The second kappa shape index (κ2) is 9.27. The van der Waals surface area contributed by atoms with E-state index in [4.69, 9.17) is 10.00 Å². The van der Waals surface area contributed by atoms with Crippen LogP contribution in [0, 0.1) is 11.3 Å². The van der Waals surface area contributed by atoms with Crippen LogP contribution >= 0.6 is 0 Å². The van der Waals surface area contributed by atoms with E-state index in [1.807, 2.05) is 0 Å². The Bertz CT molecular complexity index is 709. The number of nitrogens with zero attached hydrogens (tertiary/aromatic N) is 1. The zero-order valence-electron chi connectivity index (χ0n) is 13.7. The average Bonchev–Trinajstić information content (AvgIpc) is 2.59. The molecule has 27 heavy (non-hydrogen) atoms. The lowest BCUT2D eigenvalue weighted by molar-refractivity contribution is -0.304. The van der Waals surface area contributed by atoms with Gasteiger partial charge in [-0.3, -0.25) is 0 Å². The molecule has 1 aromatic rings. The highest BCUT2D eigenvalue weighted by Gasteiger charge is 2.59. The molecule has 0 aromatic heterocycles. The summed E-state index contributed by atoms with van der Waals surface area (Å²) in [5.41, 5.74) is -0.246. The van der Waals surface area contributed by atoms with Gasteiger partial charge in [0.2, 0.25) is 0 Å². The van der Waals surface area contributed by atoms with Gasteiger partial charge in [-0.15, -0.1) is 0 Å². The number of alkyl halides is 6. The minimum Gasteiger partial charge on any atom is -0.459 e. The predicted molar refractivity (Wildman–Crippen MR) is 79.4 cm³/mol. The van der Waals surface area contributed by atoms with Crippen LogP contribution < -0.4 is 4.74 Å². The Morgan fingerprint density at radius 2 is 1.78 bits per heavy atom. The van der Waals surface area contributed by atoms with Gasteiger partial charge in [0.25, 0.3) is 6.17 Å². The molecule has 0 aliphatic rings. The maximum absolute atomic E-state index is 13.2. The molecular formula is C16H13F6NO4. The van der Waals surface area contributed by atoms with E-state index in [0.717, 1.165) is 30.3 Å². The third-order valence-electron chi connectivity index (χ3n) is 2.89. The van der Waals surface area contributed by atoms with E-state index < -0.39 is 35.7 Å². The molecule has 0 saturated heterocycles. The summed E-state index contributed by atoms with van der Waals surface area (Å²) >= 11 is 0. The van der Waals surface area contributed by atoms with Crippen molar-refractivity contribution in [1.82, 2.24) is 0 Å². The smallest absolute Gasteiger partial charge is 0.439 e. The molecule has 0 spiro atoms. The minimum absolute atomic E-state index is 0.0974. The number of methoxy groups -OCH3 is 1. The normalized spacial score (nSPS) is 13.6. The van der Waals surface area contributed by atoms with E-state index in [1.165, 1.54) is 7.11 Å². The van der Waals surface area contributed by atoms with Crippen molar-refractivity contribution in [2.75, 3.05) is 20.3 Å². The molecule has 0 saturated carbocycles. The Balaban J connectivity index is 2.86. The first kappa shape index (κ1) is 22.3. The van der Waals surface area contributed by atoms with Gasteiger partial charge in [-0.1, -0.05) is 12.1 Å². The molecule has 0 heterocycles. The van der Waals surface area contributed by atoms with Crippen molar-refractivity contribution in [2.45, 2.75) is 18.5 Å². The van der Waals surface area contributed by atoms with Gasteiger partial charge in [-0.2, -0.15) is 27.2 Å². The van der Waals surface area contributed by atoms with Crippen LogP contribution in [-0.4, -0.2) is 44.7 Å². The molecule has 5 nitrogen and oxygen atoms in total. The van der Waals surface area contributed by atoms with Crippen molar-refractivity contribution in [1.29, 1.82) is 5.26 Å². The molecule has 0 aliphatic heterocycles. The Morgan fingerprint density at radius 3 is 2.26 bits per heavy atom. The zero-order valence-corrected chi connectivity index (χ0v) is 13.7. The third kappa shape index (κ3) is 6.82. The molecule has 148 valence electrons. The topological polar surface area (TPSA) is 68.5 Å². The molecule has 0 radical (unpaired) electrons. The molecule has 11 heteroatoms. The number of rotatable bonds is 8. The lowest BCUT2D eigenvalue weighted by atomic mass is 10.1. The van der Waals surface area contributed by atoms with E-state index in [2.05, 4.69) is 9.47 Å². The SMILES string of the molecule is COCCOC(=O)C(C#N)=Cc1ccc(OC(F)(F)C(F)C(F)(F)F)cc1. The lowest BCUT2D eigenvalue weighted by Crippen LogP contribution is -2.45. The number of halogens is 6. The first-order valence-electron chi connectivity index (χ1n) is 7.16. The summed E-state index contributed by atoms with van der Waals surface area (Å²) in [7, 11) is 1.38. The van der Waals surface area contributed by atoms with E-state index in [9.17, 15) is 31.1 Å². The van der Waals surface area contributed by atoms with Crippen molar-refractivity contribution < 1.29 is 45.3 Å². The fourth-order valence-electron chi connectivity index (χ4n) is 1.63. The maximum atomic E-state index is 13.2. The molecule has 0 bridgehead atoms. The molecule has 0 N–H and O–H groups in total. The van der Waals surface area contributed by atoms with E-state index in [1.54, 1.807) is 6.07 Å². The van der Waals surface area contributed by atoms with E-state index in [-0.39, 0.29) is 18.8 Å².